The predicted molar refractivity (Wildman–Crippen MR) is 78.8 cm³/mol. The number of phenolic OH excluding ortho intramolecular Hbond substituents is 1. The lowest BCUT2D eigenvalue weighted by Crippen LogP contribution is -2.33. The fourth-order valence-corrected chi connectivity index (χ4v) is 1.56. The van der Waals surface area contributed by atoms with Crippen LogP contribution >= 0.6 is 22.6 Å². The highest BCUT2D eigenvalue weighted by Gasteiger charge is 2.15. The number of phenols is 1. The Morgan fingerprint density at radius 3 is 2.78 bits per heavy atom. The van der Waals surface area contributed by atoms with Gasteiger partial charge in [0.2, 0.25) is 0 Å². The molecule has 1 aromatic rings. The quantitative estimate of drug-likeness (QED) is 0.808. The van der Waals surface area contributed by atoms with Gasteiger partial charge in [0.15, 0.2) is 0 Å². The maximum atomic E-state index is 11.7. The van der Waals surface area contributed by atoms with Crippen molar-refractivity contribution in [3.8, 4) is 5.75 Å². The number of amides is 1. The molecule has 0 unspecified atom stereocenters. The lowest BCUT2D eigenvalue weighted by Gasteiger charge is -2.19. The topological polar surface area (TPSA) is 58.6 Å². The molecular weight excluding hydrogens is 345 g/mol. The van der Waals surface area contributed by atoms with Crippen LogP contribution in [-0.2, 0) is 11.1 Å². The van der Waals surface area contributed by atoms with Gasteiger partial charge < -0.3 is 15.2 Å². The minimum Gasteiger partial charge on any atom is -0.507 e. The average molecular weight is 367 g/mol. The molecule has 0 spiro atoms. The SMILES string of the molecule is [2H]C([2H])(NC(=O)OC(C)(C)C)C([2H])([2H])c1ccc(O)c(I)c1. The van der Waals surface area contributed by atoms with Gasteiger partial charge in [0, 0.05) is 12.0 Å². The summed E-state index contributed by atoms with van der Waals surface area (Å²) in [6.07, 6.45) is -3.56. The highest BCUT2D eigenvalue weighted by atomic mass is 127. The molecule has 2 N–H and O–H groups in total. The molecule has 0 fully saturated rings. The number of rotatable bonds is 3. The first-order chi connectivity index (χ1) is 9.76. The van der Waals surface area contributed by atoms with E-state index >= 15 is 0 Å². The standard InChI is InChI=1S/C13H18INO3/c1-13(2,3)18-12(17)15-7-6-9-4-5-11(16)10(14)8-9/h4-5,8,16H,6-7H2,1-3H3,(H,15,17)/i6D2,7D2. The van der Waals surface area contributed by atoms with E-state index in [9.17, 15) is 9.90 Å². The number of halogens is 1. The number of alkyl carbamates (subject to hydrolysis) is 1. The van der Waals surface area contributed by atoms with E-state index in [1.807, 2.05) is 27.9 Å². The number of hydrogen-bond donors (Lipinski definition) is 2. The number of nitrogens with one attached hydrogen (secondary N) is 1. The molecule has 0 radical (unpaired) electrons. The first kappa shape index (κ1) is 9.89. The van der Waals surface area contributed by atoms with Gasteiger partial charge in [-0.3, -0.25) is 0 Å². The third-order valence-electron chi connectivity index (χ3n) is 1.72. The number of aromatic hydroxyl groups is 1. The zero-order valence-corrected chi connectivity index (χ0v) is 12.5. The third kappa shape index (κ3) is 5.57. The van der Waals surface area contributed by atoms with Gasteiger partial charge in [0.25, 0.3) is 0 Å². The summed E-state index contributed by atoms with van der Waals surface area (Å²) in [6.45, 7) is 2.17. The lowest BCUT2D eigenvalue weighted by atomic mass is 10.1. The van der Waals surface area contributed by atoms with E-state index in [0.29, 0.717) is 3.57 Å². The van der Waals surface area contributed by atoms with Crippen molar-refractivity contribution in [3.05, 3.63) is 27.3 Å². The molecule has 0 aliphatic carbocycles. The second kappa shape index (κ2) is 6.26. The molecule has 4 nitrogen and oxygen atoms in total. The van der Waals surface area contributed by atoms with Crippen LogP contribution in [0.2, 0.25) is 0 Å². The summed E-state index contributed by atoms with van der Waals surface area (Å²) in [6, 6.07) is 3.87. The van der Waals surface area contributed by atoms with Crippen molar-refractivity contribution >= 4 is 28.7 Å². The number of hydrogen-bond acceptors (Lipinski definition) is 3. The molecular formula is C13H18INO3. The van der Waals surface area contributed by atoms with Crippen LogP contribution < -0.4 is 5.32 Å². The van der Waals surface area contributed by atoms with Gasteiger partial charge >= 0.3 is 6.09 Å². The van der Waals surface area contributed by atoms with Crippen molar-refractivity contribution in [1.82, 2.24) is 5.32 Å². The molecule has 0 heterocycles. The highest BCUT2D eigenvalue weighted by molar-refractivity contribution is 14.1. The highest BCUT2D eigenvalue weighted by Crippen LogP contribution is 2.20. The van der Waals surface area contributed by atoms with Crippen molar-refractivity contribution in [3.63, 3.8) is 0 Å². The van der Waals surface area contributed by atoms with Crippen molar-refractivity contribution in [2.75, 3.05) is 6.50 Å². The minimum atomic E-state index is -2.70. The Morgan fingerprint density at radius 1 is 1.56 bits per heavy atom. The predicted octanol–water partition coefficient (Wildman–Crippen LogP) is 3.06. The molecule has 0 aromatic heterocycles. The average Bonchev–Trinajstić information content (AvgIpc) is 2.28. The van der Waals surface area contributed by atoms with Gasteiger partial charge in [-0.25, -0.2) is 4.79 Å². The number of benzene rings is 1. The minimum absolute atomic E-state index is 0.00393. The summed E-state index contributed by atoms with van der Waals surface area (Å²) < 4.78 is 37.0. The van der Waals surface area contributed by atoms with Gasteiger partial charge in [0.05, 0.1) is 3.57 Å². The Labute approximate surface area is 126 Å². The largest absolute Gasteiger partial charge is 0.507 e. The van der Waals surface area contributed by atoms with Crippen LogP contribution in [0.3, 0.4) is 0 Å². The molecule has 0 saturated heterocycles. The fourth-order valence-electron chi connectivity index (χ4n) is 1.04. The third-order valence-corrected chi connectivity index (χ3v) is 2.58. The van der Waals surface area contributed by atoms with E-state index in [1.165, 1.54) is 18.2 Å². The first-order valence-corrected chi connectivity index (χ1v) is 6.34. The molecule has 0 bridgehead atoms. The lowest BCUT2D eigenvalue weighted by molar-refractivity contribution is 0.0528. The van der Waals surface area contributed by atoms with Gasteiger partial charge in [-0.2, -0.15) is 0 Å². The smallest absolute Gasteiger partial charge is 0.407 e. The van der Waals surface area contributed by atoms with Crippen molar-refractivity contribution in [2.24, 2.45) is 0 Å². The van der Waals surface area contributed by atoms with Crippen LogP contribution in [0.1, 0.15) is 31.8 Å². The van der Waals surface area contributed by atoms with E-state index in [0.717, 1.165) is 0 Å². The van der Waals surface area contributed by atoms with Crippen molar-refractivity contribution < 1.29 is 20.1 Å². The summed E-state index contributed by atoms with van der Waals surface area (Å²) in [5.41, 5.74) is -0.823. The van der Waals surface area contributed by atoms with Gasteiger partial charge in [0.1, 0.15) is 11.4 Å². The van der Waals surface area contributed by atoms with Crippen molar-refractivity contribution in [2.45, 2.75) is 32.7 Å². The molecule has 18 heavy (non-hydrogen) atoms. The Balaban J connectivity index is 3.03. The Bertz CT molecular complexity index is 573. The van der Waals surface area contributed by atoms with E-state index in [-0.39, 0.29) is 11.3 Å². The zero-order chi connectivity index (χ0) is 17.3. The second-order valence-corrected chi connectivity index (χ2v) is 5.71. The zero-order valence-electron chi connectivity index (χ0n) is 14.4. The first-order valence-electron chi connectivity index (χ1n) is 7.26. The number of ether oxygens (including phenoxy) is 1. The molecule has 1 aromatic carbocycles. The Hall–Kier alpha value is -0.980. The maximum absolute atomic E-state index is 11.7. The molecule has 0 aliphatic heterocycles. The normalized spacial score (nSPS) is 16.0. The van der Waals surface area contributed by atoms with Crippen LogP contribution in [-0.4, -0.2) is 23.3 Å². The van der Waals surface area contributed by atoms with Gasteiger partial charge in [-0.1, -0.05) is 6.07 Å². The number of carbonyl (C=O) groups is 1. The Morgan fingerprint density at radius 2 is 2.22 bits per heavy atom. The number of carbonyl (C=O) groups excluding carboxylic acids is 1. The molecule has 0 saturated carbocycles. The van der Waals surface area contributed by atoms with Crippen LogP contribution in [0.4, 0.5) is 4.79 Å². The summed E-state index contributed by atoms with van der Waals surface area (Å²) in [7, 11) is 0. The van der Waals surface area contributed by atoms with E-state index in [2.05, 4.69) is 0 Å². The van der Waals surface area contributed by atoms with Gasteiger partial charge in [-0.05, 0) is 67.4 Å². The van der Waals surface area contributed by atoms with Crippen molar-refractivity contribution in [1.29, 1.82) is 0 Å². The monoisotopic (exact) mass is 367 g/mol. The molecule has 5 heteroatoms. The molecule has 1 rings (SSSR count). The summed E-state index contributed by atoms with van der Waals surface area (Å²) in [5.74, 6) is -0.0270. The van der Waals surface area contributed by atoms with Crippen LogP contribution in [0.15, 0.2) is 18.2 Å². The maximum Gasteiger partial charge on any atom is 0.407 e. The van der Waals surface area contributed by atoms with E-state index in [1.54, 1.807) is 20.8 Å². The fraction of sp³-hybridized carbons (Fsp3) is 0.462. The summed E-state index contributed by atoms with van der Waals surface area (Å²) in [4.78, 5) is 11.7. The van der Waals surface area contributed by atoms with Gasteiger partial charge in [-0.15, -0.1) is 0 Å². The van der Waals surface area contributed by atoms with Crippen LogP contribution in [0, 0.1) is 3.57 Å². The molecule has 0 aliphatic rings. The summed E-state index contributed by atoms with van der Waals surface area (Å²) >= 11 is 1.81. The Kier molecular flexibility index (Phi) is 3.44. The summed E-state index contributed by atoms with van der Waals surface area (Å²) in [5, 5.41) is 11.4. The molecule has 100 valence electrons. The van der Waals surface area contributed by atoms with E-state index < -0.39 is 24.6 Å². The van der Waals surface area contributed by atoms with Crippen LogP contribution in [0.25, 0.3) is 0 Å². The van der Waals surface area contributed by atoms with E-state index in [4.69, 9.17) is 10.2 Å². The molecule has 0 atom stereocenters. The van der Waals surface area contributed by atoms with Crippen LogP contribution in [0.5, 0.6) is 5.75 Å². The second-order valence-electron chi connectivity index (χ2n) is 4.54. The molecule has 1 amide bonds. The number of aryl methyl sites for hydroxylation is 1.